The first-order valence-corrected chi connectivity index (χ1v) is 6.74. The van der Waals surface area contributed by atoms with Crippen LogP contribution in [0.25, 0.3) is 6.08 Å². The van der Waals surface area contributed by atoms with E-state index in [0.717, 1.165) is 4.88 Å². The summed E-state index contributed by atoms with van der Waals surface area (Å²) in [5.74, 6) is -0.585. The second-order valence-corrected chi connectivity index (χ2v) is 5.67. The molecule has 0 saturated carbocycles. The summed E-state index contributed by atoms with van der Waals surface area (Å²) in [5, 5.41) is 2.69. The number of carbonyl (C=O) groups excluding carboxylic acids is 1. The van der Waals surface area contributed by atoms with Crippen molar-refractivity contribution < 1.29 is 9.18 Å². The van der Waals surface area contributed by atoms with Crippen LogP contribution in [0, 0.1) is 12.7 Å². The van der Waals surface area contributed by atoms with Gasteiger partial charge in [-0.3, -0.25) is 4.79 Å². The summed E-state index contributed by atoms with van der Waals surface area (Å²) in [4.78, 5) is 12.6. The van der Waals surface area contributed by atoms with Crippen LogP contribution in [0.4, 0.5) is 10.1 Å². The van der Waals surface area contributed by atoms with Crippen LogP contribution < -0.4 is 5.32 Å². The number of hydrogen-bond acceptors (Lipinski definition) is 2. The quantitative estimate of drug-likeness (QED) is 0.830. The Kier molecular flexibility index (Phi) is 4.35. The Labute approximate surface area is 119 Å². The van der Waals surface area contributed by atoms with E-state index in [1.807, 2.05) is 6.07 Å². The number of halogens is 2. The van der Waals surface area contributed by atoms with E-state index in [9.17, 15) is 9.18 Å². The van der Waals surface area contributed by atoms with E-state index < -0.39 is 0 Å². The second-order valence-electron chi connectivity index (χ2n) is 3.92. The smallest absolute Gasteiger partial charge is 0.248 e. The van der Waals surface area contributed by atoms with Crippen molar-refractivity contribution in [2.24, 2.45) is 0 Å². The van der Waals surface area contributed by atoms with Gasteiger partial charge in [0.25, 0.3) is 0 Å². The SMILES string of the molecule is Cc1cc(F)ccc1NC(=O)/C=C/c1ccc(Cl)s1. The Morgan fingerprint density at radius 3 is 2.79 bits per heavy atom. The molecule has 0 aliphatic carbocycles. The van der Waals surface area contributed by atoms with Crippen molar-refractivity contribution >= 4 is 40.6 Å². The minimum absolute atomic E-state index is 0.265. The van der Waals surface area contributed by atoms with Crippen LogP contribution in [0.1, 0.15) is 10.4 Å². The molecule has 2 nitrogen and oxygen atoms in total. The Hall–Kier alpha value is -1.65. The lowest BCUT2D eigenvalue weighted by Gasteiger charge is -2.05. The molecule has 98 valence electrons. The Bertz CT molecular complexity index is 636. The molecule has 1 heterocycles. The molecule has 5 heteroatoms. The van der Waals surface area contributed by atoms with Crippen LogP contribution >= 0.6 is 22.9 Å². The Balaban J connectivity index is 2.03. The molecular formula is C14H11ClFNOS. The summed E-state index contributed by atoms with van der Waals surface area (Å²) in [6.45, 7) is 1.74. The summed E-state index contributed by atoms with van der Waals surface area (Å²) in [6, 6.07) is 7.83. The predicted molar refractivity (Wildman–Crippen MR) is 78.1 cm³/mol. The zero-order valence-corrected chi connectivity index (χ0v) is 11.7. The van der Waals surface area contributed by atoms with Crippen LogP contribution in [0.15, 0.2) is 36.4 Å². The van der Waals surface area contributed by atoms with E-state index in [2.05, 4.69) is 5.32 Å². The maximum Gasteiger partial charge on any atom is 0.248 e. The highest BCUT2D eigenvalue weighted by Crippen LogP contribution is 2.22. The van der Waals surface area contributed by atoms with E-state index in [1.54, 1.807) is 25.1 Å². The van der Waals surface area contributed by atoms with Gasteiger partial charge in [-0.2, -0.15) is 0 Å². The molecule has 0 spiro atoms. The number of hydrogen-bond donors (Lipinski definition) is 1. The van der Waals surface area contributed by atoms with Gasteiger partial charge in [-0.25, -0.2) is 4.39 Å². The molecule has 1 amide bonds. The van der Waals surface area contributed by atoms with Crippen molar-refractivity contribution in [3.8, 4) is 0 Å². The molecule has 1 aromatic heterocycles. The molecule has 1 aromatic carbocycles. The molecule has 0 aliphatic heterocycles. The monoisotopic (exact) mass is 295 g/mol. The topological polar surface area (TPSA) is 29.1 Å². The summed E-state index contributed by atoms with van der Waals surface area (Å²) < 4.78 is 13.6. The summed E-state index contributed by atoms with van der Waals surface area (Å²) in [5.41, 5.74) is 1.28. The highest BCUT2D eigenvalue weighted by Gasteiger charge is 2.03. The standard InChI is InChI=1S/C14H11ClFNOS/c1-9-8-10(16)2-5-12(9)17-14(18)7-4-11-3-6-13(15)19-11/h2-8H,1H3,(H,17,18)/b7-4+. The molecule has 19 heavy (non-hydrogen) atoms. The molecule has 0 aliphatic rings. The van der Waals surface area contributed by atoms with Crippen LogP contribution in [0.2, 0.25) is 4.34 Å². The van der Waals surface area contributed by atoms with E-state index in [1.165, 1.54) is 29.5 Å². The third-order valence-electron chi connectivity index (χ3n) is 2.44. The molecular weight excluding hydrogens is 285 g/mol. The molecule has 0 saturated heterocycles. The fourth-order valence-electron chi connectivity index (χ4n) is 1.52. The summed E-state index contributed by atoms with van der Waals surface area (Å²) in [7, 11) is 0. The van der Waals surface area contributed by atoms with Crippen molar-refractivity contribution in [2.45, 2.75) is 6.92 Å². The fraction of sp³-hybridized carbons (Fsp3) is 0.0714. The lowest BCUT2D eigenvalue weighted by atomic mass is 10.2. The lowest BCUT2D eigenvalue weighted by Crippen LogP contribution is -2.08. The van der Waals surface area contributed by atoms with Gasteiger partial charge >= 0.3 is 0 Å². The van der Waals surface area contributed by atoms with Crippen molar-refractivity contribution in [3.05, 3.63) is 57.0 Å². The largest absolute Gasteiger partial charge is 0.322 e. The highest BCUT2D eigenvalue weighted by molar-refractivity contribution is 7.17. The number of nitrogens with one attached hydrogen (secondary N) is 1. The van der Waals surface area contributed by atoms with Crippen LogP contribution in [0.3, 0.4) is 0 Å². The van der Waals surface area contributed by atoms with Gasteiger partial charge in [0.05, 0.1) is 4.34 Å². The number of carbonyl (C=O) groups is 1. The van der Waals surface area contributed by atoms with Crippen molar-refractivity contribution in [3.63, 3.8) is 0 Å². The first kappa shape index (κ1) is 13.8. The van der Waals surface area contributed by atoms with Crippen molar-refractivity contribution in [1.29, 1.82) is 0 Å². The van der Waals surface area contributed by atoms with Gasteiger partial charge in [-0.1, -0.05) is 11.6 Å². The molecule has 2 aromatic rings. The maximum absolute atomic E-state index is 12.9. The van der Waals surface area contributed by atoms with E-state index in [-0.39, 0.29) is 11.7 Å². The maximum atomic E-state index is 12.9. The highest BCUT2D eigenvalue weighted by atomic mass is 35.5. The molecule has 0 bridgehead atoms. The number of amides is 1. The third kappa shape index (κ3) is 3.91. The average Bonchev–Trinajstić information content (AvgIpc) is 2.76. The summed E-state index contributed by atoms with van der Waals surface area (Å²) >= 11 is 7.18. The molecule has 0 fully saturated rings. The third-order valence-corrected chi connectivity index (χ3v) is 3.64. The van der Waals surface area contributed by atoms with Gasteiger partial charge in [0, 0.05) is 16.6 Å². The lowest BCUT2D eigenvalue weighted by molar-refractivity contribution is -0.111. The van der Waals surface area contributed by atoms with Gasteiger partial charge < -0.3 is 5.32 Å². The van der Waals surface area contributed by atoms with Crippen molar-refractivity contribution in [2.75, 3.05) is 5.32 Å². The number of anilines is 1. The second kappa shape index (κ2) is 5.99. The molecule has 0 radical (unpaired) electrons. The molecule has 0 atom stereocenters. The predicted octanol–water partition coefficient (Wildman–Crippen LogP) is 4.50. The molecule has 0 unspecified atom stereocenters. The fourth-order valence-corrected chi connectivity index (χ4v) is 2.48. The van der Waals surface area contributed by atoms with Gasteiger partial charge in [0.15, 0.2) is 0 Å². The Morgan fingerprint density at radius 2 is 2.16 bits per heavy atom. The first-order valence-electron chi connectivity index (χ1n) is 5.55. The van der Waals surface area contributed by atoms with Crippen molar-refractivity contribution in [1.82, 2.24) is 0 Å². The minimum atomic E-state index is -0.320. The average molecular weight is 296 g/mol. The number of rotatable bonds is 3. The van der Waals surface area contributed by atoms with Crippen LogP contribution in [0.5, 0.6) is 0 Å². The van der Waals surface area contributed by atoms with Gasteiger partial charge in [0.1, 0.15) is 5.82 Å². The number of thiophene rings is 1. The normalized spacial score (nSPS) is 10.9. The van der Waals surface area contributed by atoms with E-state index in [4.69, 9.17) is 11.6 Å². The zero-order chi connectivity index (χ0) is 13.8. The number of benzene rings is 1. The van der Waals surface area contributed by atoms with E-state index >= 15 is 0 Å². The summed E-state index contributed by atoms with van der Waals surface area (Å²) in [6.07, 6.45) is 3.11. The Morgan fingerprint density at radius 1 is 1.37 bits per heavy atom. The molecule has 2 rings (SSSR count). The van der Waals surface area contributed by atoms with Gasteiger partial charge in [-0.05, 0) is 48.9 Å². The van der Waals surface area contributed by atoms with Gasteiger partial charge in [-0.15, -0.1) is 11.3 Å². The minimum Gasteiger partial charge on any atom is -0.322 e. The van der Waals surface area contributed by atoms with E-state index in [0.29, 0.717) is 15.6 Å². The molecule has 1 N–H and O–H groups in total. The zero-order valence-electron chi connectivity index (χ0n) is 10.1. The van der Waals surface area contributed by atoms with Gasteiger partial charge in [0.2, 0.25) is 5.91 Å². The first-order chi connectivity index (χ1) is 9.04. The number of aryl methyl sites for hydroxylation is 1. The van der Waals surface area contributed by atoms with Crippen LogP contribution in [-0.4, -0.2) is 5.91 Å². The van der Waals surface area contributed by atoms with Crippen LogP contribution in [-0.2, 0) is 4.79 Å².